The molecule has 0 atom stereocenters. The van der Waals surface area contributed by atoms with Crippen LogP contribution in [0, 0.1) is 11.8 Å². The minimum atomic E-state index is 0.0193. The van der Waals surface area contributed by atoms with Gasteiger partial charge in [-0.15, -0.1) is 0 Å². The van der Waals surface area contributed by atoms with Crippen LogP contribution in [-0.4, -0.2) is 47.0 Å². The lowest BCUT2D eigenvalue weighted by molar-refractivity contribution is 0.0746. The van der Waals surface area contributed by atoms with E-state index in [1.54, 1.807) is 24.5 Å². The molecule has 3 aromatic rings. The maximum atomic E-state index is 12.9. The highest BCUT2D eigenvalue weighted by Gasteiger charge is 2.22. The molecule has 1 amide bonds. The number of nitrogens with zero attached hydrogens (tertiary/aromatic N) is 4. The van der Waals surface area contributed by atoms with E-state index in [1.165, 1.54) is 0 Å². The molecule has 0 unspecified atom stereocenters. The molecule has 0 radical (unpaired) electrons. The molecule has 0 bridgehead atoms. The average Bonchev–Trinajstić information content (AvgIpc) is 2.79. The fraction of sp³-hybridized carbons (Fsp3) is 0.174. The van der Waals surface area contributed by atoms with Crippen LogP contribution in [0.2, 0.25) is 0 Å². The molecule has 0 aliphatic carbocycles. The number of hydrogen-bond donors (Lipinski definition) is 0. The second-order valence-corrected chi connectivity index (χ2v) is 6.51. The summed E-state index contributed by atoms with van der Waals surface area (Å²) in [5, 5.41) is 0. The van der Waals surface area contributed by atoms with Gasteiger partial charge >= 0.3 is 0 Å². The van der Waals surface area contributed by atoms with Crippen molar-refractivity contribution in [3.8, 4) is 11.8 Å². The molecule has 28 heavy (non-hydrogen) atoms. The first-order valence-corrected chi connectivity index (χ1v) is 9.28. The van der Waals surface area contributed by atoms with Crippen LogP contribution in [0.4, 0.5) is 5.82 Å². The lowest BCUT2D eigenvalue weighted by Gasteiger charge is -2.35. The molecular weight excluding hydrogens is 348 g/mol. The van der Waals surface area contributed by atoms with Crippen LogP contribution in [0.3, 0.4) is 0 Å². The number of rotatable bonds is 2. The van der Waals surface area contributed by atoms with Gasteiger partial charge in [-0.05, 0) is 42.3 Å². The van der Waals surface area contributed by atoms with Crippen molar-refractivity contribution in [3.63, 3.8) is 0 Å². The third kappa shape index (κ3) is 4.18. The minimum absolute atomic E-state index is 0.0193. The molecule has 1 aliphatic heterocycles. The van der Waals surface area contributed by atoms with E-state index < -0.39 is 0 Å². The van der Waals surface area contributed by atoms with Crippen LogP contribution in [0.25, 0.3) is 0 Å². The predicted molar refractivity (Wildman–Crippen MR) is 109 cm³/mol. The summed E-state index contributed by atoms with van der Waals surface area (Å²) in [6, 6.07) is 19.1. The van der Waals surface area contributed by atoms with E-state index in [-0.39, 0.29) is 5.91 Å². The van der Waals surface area contributed by atoms with Crippen LogP contribution in [0.1, 0.15) is 21.6 Å². The third-order valence-electron chi connectivity index (χ3n) is 4.66. The molecule has 4 rings (SSSR count). The molecule has 5 nitrogen and oxygen atoms in total. The van der Waals surface area contributed by atoms with Crippen molar-refractivity contribution in [2.24, 2.45) is 0 Å². The molecule has 0 spiro atoms. The Hall–Kier alpha value is -3.65. The van der Waals surface area contributed by atoms with E-state index in [2.05, 4.69) is 26.7 Å². The summed E-state index contributed by atoms with van der Waals surface area (Å²) in [6.07, 6.45) is 3.44. The Balaban J connectivity index is 1.42. The molecule has 1 aromatic carbocycles. The molecule has 1 saturated heterocycles. The molecule has 5 heteroatoms. The van der Waals surface area contributed by atoms with Gasteiger partial charge in [-0.1, -0.05) is 30.2 Å². The zero-order chi connectivity index (χ0) is 19.2. The maximum absolute atomic E-state index is 12.9. The SMILES string of the molecule is O=C(c1ccnc(C#Cc2ccccc2)c1)N1CCN(c2ccccn2)CC1. The summed E-state index contributed by atoms with van der Waals surface area (Å²) in [7, 11) is 0. The number of amides is 1. The highest BCUT2D eigenvalue weighted by Crippen LogP contribution is 2.14. The molecule has 1 fully saturated rings. The molecule has 0 N–H and O–H groups in total. The van der Waals surface area contributed by atoms with Crippen LogP contribution in [0.15, 0.2) is 73.1 Å². The van der Waals surface area contributed by atoms with Gasteiger partial charge in [0.1, 0.15) is 11.5 Å². The van der Waals surface area contributed by atoms with Crippen molar-refractivity contribution in [2.45, 2.75) is 0 Å². The van der Waals surface area contributed by atoms with Crippen molar-refractivity contribution >= 4 is 11.7 Å². The van der Waals surface area contributed by atoms with E-state index in [0.29, 0.717) is 24.3 Å². The summed E-state index contributed by atoms with van der Waals surface area (Å²) in [6.45, 7) is 2.88. The molecule has 1 aliphatic rings. The topological polar surface area (TPSA) is 49.3 Å². The van der Waals surface area contributed by atoms with E-state index in [0.717, 1.165) is 24.5 Å². The first-order chi connectivity index (χ1) is 13.8. The Bertz CT molecular complexity index is 1000. The van der Waals surface area contributed by atoms with E-state index in [4.69, 9.17) is 0 Å². The number of pyridine rings is 2. The van der Waals surface area contributed by atoms with Crippen LogP contribution in [-0.2, 0) is 0 Å². The zero-order valence-corrected chi connectivity index (χ0v) is 15.5. The number of benzene rings is 1. The summed E-state index contributed by atoms with van der Waals surface area (Å²) < 4.78 is 0. The first-order valence-electron chi connectivity index (χ1n) is 9.28. The summed E-state index contributed by atoms with van der Waals surface area (Å²) >= 11 is 0. The first kappa shape index (κ1) is 17.7. The Morgan fingerprint density at radius 2 is 1.61 bits per heavy atom. The Morgan fingerprint density at radius 1 is 0.821 bits per heavy atom. The molecule has 0 saturated carbocycles. The fourth-order valence-electron chi connectivity index (χ4n) is 3.15. The molecule has 138 valence electrons. The lowest BCUT2D eigenvalue weighted by Crippen LogP contribution is -2.49. The third-order valence-corrected chi connectivity index (χ3v) is 4.66. The highest BCUT2D eigenvalue weighted by molar-refractivity contribution is 5.94. The van der Waals surface area contributed by atoms with Gasteiger partial charge in [0.15, 0.2) is 0 Å². The summed E-state index contributed by atoms with van der Waals surface area (Å²) in [5.41, 5.74) is 2.15. The van der Waals surface area contributed by atoms with Crippen molar-refractivity contribution in [2.75, 3.05) is 31.1 Å². The summed E-state index contributed by atoms with van der Waals surface area (Å²) in [5.74, 6) is 7.09. The highest BCUT2D eigenvalue weighted by atomic mass is 16.2. The van der Waals surface area contributed by atoms with E-state index in [9.17, 15) is 4.79 Å². The van der Waals surface area contributed by atoms with Gasteiger partial charge in [0.2, 0.25) is 0 Å². The van der Waals surface area contributed by atoms with Gasteiger partial charge < -0.3 is 9.80 Å². The average molecular weight is 368 g/mol. The number of carbonyl (C=O) groups excluding carboxylic acids is 1. The van der Waals surface area contributed by atoms with Gasteiger partial charge in [-0.25, -0.2) is 9.97 Å². The van der Waals surface area contributed by atoms with Crippen molar-refractivity contribution in [1.29, 1.82) is 0 Å². The Kier molecular flexibility index (Phi) is 5.30. The monoisotopic (exact) mass is 368 g/mol. The smallest absolute Gasteiger partial charge is 0.254 e. The number of carbonyl (C=O) groups is 1. The number of piperazine rings is 1. The molecule has 2 aromatic heterocycles. The zero-order valence-electron chi connectivity index (χ0n) is 15.5. The fourth-order valence-corrected chi connectivity index (χ4v) is 3.15. The Labute approximate surface area is 164 Å². The van der Waals surface area contributed by atoms with E-state index >= 15 is 0 Å². The minimum Gasteiger partial charge on any atom is -0.353 e. The number of anilines is 1. The van der Waals surface area contributed by atoms with Crippen molar-refractivity contribution in [3.05, 3.63) is 89.9 Å². The Morgan fingerprint density at radius 3 is 2.36 bits per heavy atom. The second kappa shape index (κ2) is 8.36. The maximum Gasteiger partial charge on any atom is 0.254 e. The van der Waals surface area contributed by atoms with Crippen LogP contribution in [0.5, 0.6) is 0 Å². The largest absolute Gasteiger partial charge is 0.353 e. The van der Waals surface area contributed by atoms with Gasteiger partial charge in [0.25, 0.3) is 5.91 Å². The van der Waals surface area contributed by atoms with Gasteiger partial charge in [0.05, 0.1) is 0 Å². The molecular formula is C23H20N4O. The van der Waals surface area contributed by atoms with Gasteiger partial charge in [-0.3, -0.25) is 4.79 Å². The van der Waals surface area contributed by atoms with Crippen molar-refractivity contribution < 1.29 is 4.79 Å². The number of aromatic nitrogens is 2. The standard InChI is InChI=1S/C23H20N4O/c28-23(27-16-14-26(15-17-27)22-8-4-5-12-25-22)20-11-13-24-21(18-20)10-9-19-6-2-1-3-7-19/h1-8,11-13,18H,14-17H2. The van der Waals surface area contributed by atoms with Gasteiger partial charge in [-0.2, -0.15) is 0 Å². The second-order valence-electron chi connectivity index (χ2n) is 6.51. The van der Waals surface area contributed by atoms with E-state index in [1.807, 2.05) is 53.4 Å². The number of hydrogen-bond acceptors (Lipinski definition) is 4. The summed E-state index contributed by atoms with van der Waals surface area (Å²) in [4.78, 5) is 25.6. The van der Waals surface area contributed by atoms with Crippen molar-refractivity contribution in [1.82, 2.24) is 14.9 Å². The van der Waals surface area contributed by atoms with Crippen LogP contribution < -0.4 is 4.90 Å². The predicted octanol–water partition coefficient (Wildman–Crippen LogP) is 2.84. The van der Waals surface area contributed by atoms with Gasteiger partial charge in [0, 0.05) is 49.7 Å². The quantitative estimate of drug-likeness (QED) is 0.653. The molecule has 3 heterocycles. The normalized spacial score (nSPS) is 13.6. The van der Waals surface area contributed by atoms with Crippen LogP contribution >= 0.6 is 0 Å². The lowest BCUT2D eigenvalue weighted by atomic mass is 10.1.